The third-order valence-electron chi connectivity index (χ3n) is 7.47. The van der Waals surface area contributed by atoms with Gasteiger partial charge in [0.1, 0.15) is 0 Å². The predicted octanol–water partition coefficient (Wildman–Crippen LogP) is 7.85. The fourth-order valence-corrected chi connectivity index (χ4v) is 5.14. The molecule has 4 rings (SSSR count). The predicted molar refractivity (Wildman–Crippen MR) is 155 cm³/mol. The summed E-state index contributed by atoms with van der Waals surface area (Å²) in [6.45, 7) is -0.0644. The SMILES string of the molecule is O=C(O)CCNC(=O)c1ccc(CC(C(=O)Nc2ccc(C(F)(F)F)c(C(F)(F)F)c2)c2ccc(C3=CCCCC3)cc2)cc1. The van der Waals surface area contributed by atoms with Gasteiger partial charge in [0.25, 0.3) is 5.91 Å². The van der Waals surface area contributed by atoms with Crippen LogP contribution < -0.4 is 10.6 Å². The van der Waals surface area contributed by atoms with Crippen LogP contribution in [0.15, 0.2) is 72.8 Å². The summed E-state index contributed by atoms with van der Waals surface area (Å²) in [7, 11) is 0. The Kier molecular flexibility index (Phi) is 10.4. The number of carbonyl (C=O) groups is 3. The molecule has 45 heavy (non-hydrogen) atoms. The number of carboxylic acid groups (broad SMARTS) is 1. The molecule has 0 spiro atoms. The largest absolute Gasteiger partial charge is 0.481 e. The van der Waals surface area contributed by atoms with Gasteiger partial charge in [-0.2, -0.15) is 26.3 Å². The number of benzene rings is 3. The molecule has 0 bridgehead atoms. The van der Waals surface area contributed by atoms with Gasteiger partial charge in [-0.05, 0) is 84.7 Å². The number of allylic oxidation sites excluding steroid dienone is 2. The Balaban J connectivity index is 1.61. The Morgan fingerprint density at radius 3 is 2.07 bits per heavy atom. The molecule has 0 saturated heterocycles. The van der Waals surface area contributed by atoms with Crippen LogP contribution in [-0.4, -0.2) is 29.4 Å². The van der Waals surface area contributed by atoms with Gasteiger partial charge < -0.3 is 15.7 Å². The maximum Gasteiger partial charge on any atom is 0.417 e. The van der Waals surface area contributed by atoms with Crippen molar-refractivity contribution in [2.24, 2.45) is 0 Å². The van der Waals surface area contributed by atoms with Crippen LogP contribution >= 0.6 is 0 Å². The summed E-state index contributed by atoms with van der Waals surface area (Å²) < 4.78 is 80.4. The first-order chi connectivity index (χ1) is 21.2. The number of alkyl halides is 6. The fraction of sp³-hybridized carbons (Fsp3) is 0.303. The van der Waals surface area contributed by atoms with Gasteiger partial charge in [0, 0.05) is 17.8 Å². The molecular weight excluding hydrogens is 602 g/mol. The molecule has 0 aliphatic heterocycles. The van der Waals surface area contributed by atoms with E-state index >= 15 is 0 Å². The van der Waals surface area contributed by atoms with Crippen molar-refractivity contribution in [3.63, 3.8) is 0 Å². The molecule has 2 amide bonds. The third-order valence-corrected chi connectivity index (χ3v) is 7.47. The van der Waals surface area contributed by atoms with E-state index in [1.807, 2.05) is 12.1 Å². The van der Waals surface area contributed by atoms with Gasteiger partial charge in [-0.25, -0.2) is 0 Å². The number of hydrogen-bond donors (Lipinski definition) is 3. The van der Waals surface area contributed by atoms with Crippen molar-refractivity contribution >= 4 is 29.0 Å². The number of nitrogens with one attached hydrogen (secondary N) is 2. The van der Waals surface area contributed by atoms with Crippen molar-refractivity contribution < 1.29 is 45.8 Å². The van der Waals surface area contributed by atoms with Crippen LogP contribution in [0.25, 0.3) is 5.57 Å². The first-order valence-corrected chi connectivity index (χ1v) is 14.2. The van der Waals surface area contributed by atoms with Crippen LogP contribution in [0.1, 0.15) is 76.2 Å². The summed E-state index contributed by atoms with van der Waals surface area (Å²) in [6, 6.07) is 14.7. The van der Waals surface area contributed by atoms with Gasteiger partial charge >= 0.3 is 18.3 Å². The lowest BCUT2D eigenvalue weighted by Crippen LogP contribution is -2.26. The monoisotopic (exact) mass is 632 g/mol. The van der Waals surface area contributed by atoms with Crippen molar-refractivity contribution in [1.82, 2.24) is 5.32 Å². The Morgan fingerprint density at radius 1 is 0.822 bits per heavy atom. The molecule has 3 N–H and O–H groups in total. The molecule has 1 unspecified atom stereocenters. The normalized spacial score (nSPS) is 14.3. The second-order valence-electron chi connectivity index (χ2n) is 10.7. The fourth-order valence-electron chi connectivity index (χ4n) is 5.14. The minimum Gasteiger partial charge on any atom is -0.481 e. The summed E-state index contributed by atoms with van der Waals surface area (Å²) in [5.74, 6) is -3.24. The maximum atomic E-state index is 13.6. The van der Waals surface area contributed by atoms with E-state index in [1.165, 1.54) is 17.7 Å². The van der Waals surface area contributed by atoms with Crippen LogP contribution in [0, 0.1) is 0 Å². The Hall–Kier alpha value is -4.61. The van der Waals surface area contributed by atoms with E-state index in [1.54, 1.807) is 24.3 Å². The number of aliphatic carboxylic acids is 1. The van der Waals surface area contributed by atoms with Crippen LogP contribution in [0.5, 0.6) is 0 Å². The first-order valence-electron chi connectivity index (χ1n) is 14.2. The highest BCUT2D eigenvalue weighted by Gasteiger charge is 2.43. The second kappa shape index (κ2) is 14.0. The second-order valence-corrected chi connectivity index (χ2v) is 10.7. The van der Waals surface area contributed by atoms with Gasteiger partial charge in [-0.15, -0.1) is 0 Å². The lowest BCUT2D eigenvalue weighted by Gasteiger charge is -2.21. The standard InChI is InChI=1S/C33H30F6N2O4/c34-32(35,36)27-15-14-25(19-28(27)33(37,38)39)41-31(45)26(23-12-10-22(11-13-23)21-4-2-1-3-5-21)18-20-6-8-24(9-7-20)30(44)40-17-16-29(42)43/h4,6-15,19,26H,1-3,5,16-18H2,(H,40,44)(H,41,45)(H,42,43). The molecule has 3 aromatic rings. The van der Waals surface area contributed by atoms with E-state index in [0.29, 0.717) is 17.2 Å². The van der Waals surface area contributed by atoms with Crippen molar-refractivity contribution in [3.8, 4) is 0 Å². The number of halogens is 6. The van der Waals surface area contributed by atoms with Gasteiger partial charge in [0.15, 0.2) is 0 Å². The minimum absolute atomic E-state index is 0.0571. The maximum absolute atomic E-state index is 13.6. The van der Waals surface area contributed by atoms with E-state index in [9.17, 15) is 40.7 Å². The summed E-state index contributed by atoms with van der Waals surface area (Å²) in [4.78, 5) is 36.6. The van der Waals surface area contributed by atoms with E-state index in [0.717, 1.165) is 37.3 Å². The first kappa shape index (κ1) is 33.3. The average molecular weight is 633 g/mol. The summed E-state index contributed by atoms with van der Waals surface area (Å²) >= 11 is 0. The quantitative estimate of drug-likeness (QED) is 0.199. The highest BCUT2D eigenvalue weighted by Crippen LogP contribution is 2.41. The number of amides is 2. The summed E-state index contributed by atoms with van der Waals surface area (Å²) in [5.41, 5.74) is -0.673. The van der Waals surface area contributed by atoms with Crippen LogP contribution in [0.2, 0.25) is 0 Å². The molecule has 6 nitrogen and oxygen atoms in total. The smallest absolute Gasteiger partial charge is 0.417 e. The number of rotatable bonds is 10. The van der Waals surface area contributed by atoms with Crippen LogP contribution in [-0.2, 0) is 28.4 Å². The molecule has 1 aliphatic rings. The topological polar surface area (TPSA) is 95.5 Å². The summed E-state index contributed by atoms with van der Waals surface area (Å²) in [5, 5.41) is 13.6. The van der Waals surface area contributed by atoms with Gasteiger partial charge in [0.05, 0.1) is 23.5 Å². The zero-order valence-electron chi connectivity index (χ0n) is 23.9. The van der Waals surface area contributed by atoms with Crippen molar-refractivity contribution in [1.29, 1.82) is 0 Å². The number of anilines is 1. The van der Waals surface area contributed by atoms with Gasteiger partial charge in [0.2, 0.25) is 5.91 Å². The average Bonchev–Trinajstić information content (AvgIpc) is 2.99. The van der Waals surface area contributed by atoms with E-state index < -0.39 is 52.9 Å². The lowest BCUT2D eigenvalue weighted by atomic mass is 9.88. The zero-order chi connectivity index (χ0) is 32.8. The molecule has 0 radical (unpaired) electrons. The van der Waals surface area contributed by atoms with Crippen LogP contribution in [0.4, 0.5) is 32.0 Å². The molecule has 0 fully saturated rings. The highest BCUT2D eigenvalue weighted by atomic mass is 19.4. The number of hydrogen-bond acceptors (Lipinski definition) is 3. The van der Waals surface area contributed by atoms with Crippen molar-refractivity contribution in [2.75, 3.05) is 11.9 Å². The molecule has 12 heteroatoms. The van der Waals surface area contributed by atoms with Crippen molar-refractivity contribution in [2.45, 2.75) is 56.8 Å². The Morgan fingerprint density at radius 2 is 1.49 bits per heavy atom. The molecule has 0 saturated carbocycles. The molecule has 3 aromatic carbocycles. The minimum atomic E-state index is -5.31. The highest BCUT2D eigenvalue weighted by molar-refractivity contribution is 5.96. The number of carboxylic acids is 1. The summed E-state index contributed by atoms with van der Waals surface area (Å²) in [6.07, 6.45) is -4.56. The lowest BCUT2D eigenvalue weighted by molar-refractivity contribution is -0.162. The Bertz CT molecular complexity index is 1560. The van der Waals surface area contributed by atoms with E-state index in [2.05, 4.69) is 16.7 Å². The molecule has 0 heterocycles. The van der Waals surface area contributed by atoms with Gasteiger partial charge in [-0.1, -0.05) is 42.5 Å². The van der Waals surface area contributed by atoms with E-state index in [4.69, 9.17) is 5.11 Å². The molecular formula is C33H30F6N2O4. The molecule has 0 aromatic heterocycles. The van der Waals surface area contributed by atoms with Crippen LogP contribution in [0.3, 0.4) is 0 Å². The van der Waals surface area contributed by atoms with E-state index in [-0.39, 0.29) is 31.0 Å². The molecule has 1 atom stereocenters. The third kappa shape index (κ3) is 8.96. The Labute approximate surface area is 255 Å². The molecule has 238 valence electrons. The number of carbonyl (C=O) groups excluding carboxylic acids is 2. The zero-order valence-corrected chi connectivity index (χ0v) is 23.9. The molecule has 1 aliphatic carbocycles. The van der Waals surface area contributed by atoms with Gasteiger partial charge in [-0.3, -0.25) is 14.4 Å². The van der Waals surface area contributed by atoms with Crippen molar-refractivity contribution in [3.05, 3.63) is 106 Å².